The van der Waals surface area contributed by atoms with Gasteiger partial charge in [-0.15, -0.1) is 0 Å². The van der Waals surface area contributed by atoms with E-state index in [2.05, 4.69) is 13.8 Å². The summed E-state index contributed by atoms with van der Waals surface area (Å²) in [6.45, 7) is 4.34. The van der Waals surface area contributed by atoms with Crippen LogP contribution < -0.4 is 0 Å². The third-order valence-electron chi connectivity index (χ3n) is 4.20. The second-order valence-electron chi connectivity index (χ2n) is 6.44. The second kappa shape index (κ2) is 13.5. The third kappa shape index (κ3) is 16.1. The van der Waals surface area contributed by atoms with Gasteiger partial charge in [-0.2, -0.15) is 13.2 Å². The van der Waals surface area contributed by atoms with Gasteiger partial charge in [-0.25, -0.2) is 0 Å². The molecule has 1 atom stereocenters. The van der Waals surface area contributed by atoms with E-state index < -0.39 is 13.4 Å². The van der Waals surface area contributed by atoms with Crippen molar-refractivity contribution in [3.8, 4) is 0 Å². The van der Waals surface area contributed by atoms with Crippen molar-refractivity contribution in [2.45, 2.75) is 109 Å². The first kappa shape index (κ1) is 20.9. The van der Waals surface area contributed by atoms with Crippen LogP contribution in [0.25, 0.3) is 0 Å². The van der Waals surface area contributed by atoms with Crippen LogP contribution in [-0.2, 0) is 0 Å². The molecule has 1 unspecified atom stereocenters. The monoisotopic (exact) mass is 306 g/mol. The summed E-state index contributed by atoms with van der Waals surface area (Å²) in [4.78, 5) is 0. The predicted molar refractivity (Wildman–Crippen MR) is 88.3 cm³/mol. The van der Waals surface area contributed by atoms with Gasteiger partial charge >= 0.3 is 6.08 Å². The van der Waals surface area contributed by atoms with Gasteiger partial charge in [-0.3, -0.25) is 0 Å². The van der Waals surface area contributed by atoms with Crippen LogP contribution >= 0.6 is 0 Å². The zero-order valence-electron chi connectivity index (χ0n) is 14.1. The van der Waals surface area contributed by atoms with Crippen LogP contribution in [0, 0.1) is 0 Å². The predicted octanol–water partition coefficient (Wildman–Crippen LogP) is 6.84. The Kier molecular flexibility index (Phi) is 13.4. The molecule has 0 aliphatic carbocycles. The Morgan fingerprint density at radius 3 is 1.43 bits per heavy atom. The van der Waals surface area contributed by atoms with Gasteiger partial charge in [0.15, 0.2) is 0 Å². The summed E-state index contributed by atoms with van der Waals surface area (Å²) in [6, 6.07) is 0. The average Bonchev–Trinajstić information content (AvgIpc) is 2.40. The molecule has 0 heterocycles. The molecule has 126 valence electrons. The first-order valence-corrected chi connectivity index (χ1v) is 9.06. The first-order chi connectivity index (χ1) is 9.99. The van der Waals surface area contributed by atoms with Crippen molar-refractivity contribution < 1.29 is 13.2 Å². The van der Waals surface area contributed by atoms with Gasteiger partial charge in [0, 0.05) is 0 Å². The van der Waals surface area contributed by atoms with E-state index in [1.165, 1.54) is 44.9 Å². The SMILES string of the molecule is CCCCCCCCC(BC(F)(F)F)CCCCCCC. The van der Waals surface area contributed by atoms with Crippen molar-refractivity contribution >= 4 is 7.28 Å². The zero-order valence-corrected chi connectivity index (χ0v) is 14.1. The molecule has 0 rings (SSSR count). The third-order valence-corrected chi connectivity index (χ3v) is 4.20. The molecule has 0 bridgehead atoms. The second-order valence-corrected chi connectivity index (χ2v) is 6.44. The minimum absolute atomic E-state index is 0.141. The van der Waals surface area contributed by atoms with Crippen LogP contribution in [0.1, 0.15) is 97.3 Å². The lowest BCUT2D eigenvalue weighted by molar-refractivity contribution is -0.0485. The topological polar surface area (TPSA) is 0 Å². The highest BCUT2D eigenvalue weighted by Gasteiger charge is 2.33. The van der Waals surface area contributed by atoms with Gasteiger partial charge in [0.25, 0.3) is 7.28 Å². The molecule has 0 radical (unpaired) electrons. The lowest BCUT2D eigenvalue weighted by atomic mass is 9.60. The molecule has 0 spiro atoms. The number of hydrogen-bond acceptors (Lipinski definition) is 0. The van der Waals surface area contributed by atoms with E-state index in [9.17, 15) is 13.2 Å². The maximum absolute atomic E-state index is 12.6. The molecule has 21 heavy (non-hydrogen) atoms. The molecule has 0 saturated heterocycles. The lowest BCUT2D eigenvalue weighted by Crippen LogP contribution is -2.23. The van der Waals surface area contributed by atoms with Crippen LogP contribution in [0.4, 0.5) is 13.2 Å². The van der Waals surface area contributed by atoms with E-state index in [1.807, 2.05) is 0 Å². The number of rotatable bonds is 14. The number of halogens is 3. The average molecular weight is 306 g/mol. The van der Waals surface area contributed by atoms with Crippen LogP contribution in [0.15, 0.2) is 0 Å². The molecule has 0 N–H and O–H groups in total. The van der Waals surface area contributed by atoms with E-state index in [0.717, 1.165) is 38.5 Å². The number of alkyl halides is 3. The Morgan fingerprint density at radius 1 is 0.667 bits per heavy atom. The fourth-order valence-corrected chi connectivity index (χ4v) is 2.93. The highest BCUT2D eigenvalue weighted by atomic mass is 19.4. The maximum atomic E-state index is 12.6. The summed E-state index contributed by atoms with van der Waals surface area (Å²) >= 11 is 0. The molecule has 0 aromatic heterocycles. The van der Waals surface area contributed by atoms with E-state index in [4.69, 9.17) is 0 Å². The summed E-state index contributed by atoms with van der Waals surface area (Å²) < 4.78 is 37.8. The quantitative estimate of drug-likeness (QED) is 0.243. The standard InChI is InChI=1S/C17H34BF3/c1-3-5-7-9-11-13-15-16(18-17(19,20)21)14-12-10-8-6-4-2/h16,18H,3-15H2,1-2H3. The van der Waals surface area contributed by atoms with Crippen LogP contribution in [0.5, 0.6) is 0 Å². The fraction of sp³-hybridized carbons (Fsp3) is 1.00. The van der Waals surface area contributed by atoms with Gasteiger partial charge in [0.05, 0.1) is 0 Å². The Morgan fingerprint density at radius 2 is 1.05 bits per heavy atom. The van der Waals surface area contributed by atoms with Gasteiger partial charge in [0.2, 0.25) is 0 Å². The Balaban J connectivity index is 3.81. The molecule has 0 saturated carbocycles. The maximum Gasteiger partial charge on any atom is 0.341 e. The molecule has 0 aliphatic heterocycles. The van der Waals surface area contributed by atoms with E-state index in [-0.39, 0.29) is 5.82 Å². The van der Waals surface area contributed by atoms with Crippen LogP contribution in [-0.4, -0.2) is 13.4 Å². The minimum Gasteiger partial charge on any atom is -0.182 e. The highest BCUT2D eigenvalue weighted by molar-refractivity contribution is 6.40. The normalized spacial score (nSPS) is 13.4. The lowest BCUT2D eigenvalue weighted by Gasteiger charge is -2.17. The number of unbranched alkanes of at least 4 members (excludes halogenated alkanes) is 9. The van der Waals surface area contributed by atoms with E-state index >= 15 is 0 Å². The van der Waals surface area contributed by atoms with Gasteiger partial charge < -0.3 is 0 Å². The fourth-order valence-electron chi connectivity index (χ4n) is 2.93. The van der Waals surface area contributed by atoms with Crippen LogP contribution in [0.3, 0.4) is 0 Å². The summed E-state index contributed by atoms with van der Waals surface area (Å²) in [7, 11) is -0.574. The van der Waals surface area contributed by atoms with E-state index in [0.29, 0.717) is 0 Å². The smallest absolute Gasteiger partial charge is 0.182 e. The molecule has 0 aromatic carbocycles. The number of hydrogen-bond donors (Lipinski definition) is 0. The Labute approximate surface area is 130 Å². The summed E-state index contributed by atoms with van der Waals surface area (Å²) in [5.41, 5.74) is 0. The summed E-state index contributed by atoms with van der Waals surface area (Å²) in [6.07, 6.45) is 10.1. The summed E-state index contributed by atoms with van der Waals surface area (Å²) in [5.74, 6) is -0.141. The minimum atomic E-state index is -3.99. The van der Waals surface area contributed by atoms with Gasteiger partial charge in [-0.05, 0) is 0 Å². The molecular formula is C17H34BF3. The van der Waals surface area contributed by atoms with E-state index in [1.54, 1.807) is 0 Å². The van der Waals surface area contributed by atoms with Crippen molar-refractivity contribution in [2.24, 2.45) is 0 Å². The molecular weight excluding hydrogens is 272 g/mol. The zero-order chi connectivity index (χ0) is 16.0. The van der Waals surface area contributed by atoms with Crippen LogP contribution in [0.2, 0.25) is 5.82 Å². The summed E-state index contributed by atoms with van der Waals surface area (Å²) in [5, 5.41) is 0. The molecule has 0 fully saturated rings. The molecule has 0 aromatic rings. The Bertz CT molecular complexity index is 217. The molecule has 0 aliphatic rings. The van der Waals surface area contributed by atoms with Gasteiger partial charge in [0.1, 0.15) is 0 Å². The molecule has 0 amide bonds. The first-order valence-electron chi connectivity index (χ1n) is 9.06. The largest absolute Gasteiger partial charge is 0.341 e. The molecule has 4 heteroatoms. The van der Waals surface area contributed by atoms with Crippen molar-refractivity contribution in [1.29, 1.82) is 0 Å². The van der Waals surface area contributed by atoms with Gasteiger partial charge in [-0.1, -0.05) is 103 Å². The Hall–Kier alpha value is -0.145. The molecule has 0 nitrogen and oxygen atoms in total. The van der Waals surface area contributed by atoms with Crippen molar-refractivity contribution in [1.82, 2.24) is 0 Å². The van der Waals surface area contributed by atoms with Crippen molar-refractivity contribution in [3.63, 3.8) is 0 Å². The van der Waals surface area contributed by atoms with Crippen molar-refractivity contribution in [2.75, 3.05) is 0 Å². The van der Waals surface area contributed by atoms with Crippen molar-refractivity contribution in [3.05, 3.63) is 0 Å². The highest BCUT2D eigenvalue weighted by Crippen LogP contribution is 2.29.